The van der Waals surface area contributed by atoms with Gasteiger partial charge in [-0.15, -0.1) is 0 Å². The lowest BCUT2D eigenvalue weighted by Gasteiger charge is -2.19. The predicted molar refractivity (Wildman–Crippen MR) is 88.0 cm³/mol. The van der Waals surface area contributed by atoms with Crippen LogP contribution in [0.3, 0.4) is 0 Å². The molecule has 0 radical (unpaired) electrons. The van der Waals surface area contributed by atoms with Gasteiger partial charge < -0.3 is 19.9 Å². The predicted octanol–water partition coefficient (Wildman–Crippen LogP) is 0.608. The summed E-state index contributed by atoms with van der Waals surface area (Å²) < 4.78 is 10.2. The fraction of sp³-hybridized carbons (Fsp3) is 0.471. The molecular formula is C17H22N2O6. The second-order valence-corrected chi connectivity index (χ2v) is 6.41. The van der Waals surface area contributed by atoms with Gasteiger partial charge in [-0.3, -0.25) is 9.69 Å². The highest BCUT2D eigenvalue weighted by Crippen LogP contribution is 2.17. The Morgan fingerprint density at radius 2 is 2.08 bits per heavy atom. The average Bonchev–Trinajstić information content (AvgIpc) is 2.73. The Hall–Kier alpha value is -2.61. The molecule has 1 saturated heterocycles. The monoisotopic (exact) mass is 350 g/mol. The standard InChI is InChI=1S/C17H22N2O6/c1-11-5-4-6-13(7-11)24-10-14(21)25-9-12(20)8-19-15(22)17(2,3)18-16(19)23/h4-7,12,20H,8-10H2,1-3H3,(H,18,23). The summed E-state index contributed by atoms with van der Waals surface area (Å²) >= 11 is 0. The van der Waals surface area contributed by atoms with Gasteiger partial charge in [-0.2, -0.15) is 0 Å². The van der Waals surface area contributed by atoms with Gasteiger partial charge in [0.15, 0.2) is 6.61 Å². The van der Waals surface area contributed by atoms with Crippen molar-refractivity contribution in [2.75, 3.05) is 19.8 Å². The number of hydrogen-bond acceptors (Lipinski definition) is 6. The van der Waals surface area contributed by atoms with Crippen molar-refractivity contribution in [3.63, 3.8) is 0 Å². The maximum absolute atomic E-state index is 12.0. The lowest BCUT2D eigenvalue weighted by atomic mass is 10.1. The van der Waals surface area contributed by atoms with Crippen molar-refractivity contribution in [3.8, 4) is 5.75 Å². The number of rotatable bonds is 7. The van der Waals surface area contributed by atoms with Crippen LogP contribution in [0.5, 0.6) is 5.75 Å². The number of esters is 1. The lowest BCUT2D eigenvalue weighted by molar-refractivity contribution is -0.149. The first kappa shape index (κ1) is 18.7. The molecule has 136 valence electrons. The number of hydrogen-bond donors (Lipinski definition) is 2. The number of aryl methyl sites for hydroxylation is 1. The number of urea groups is 1. The Balaban J connectivity index is 1.74. The average molecular weight is 350 g/mol. The first-order valence-corrected chi connectivity index (χ1v) is 7.86. The molecule has 0 bridgehead atoms. The minimum absolute atomic E-state index is 0.250. The summed E-state index contributed by atoms with van der Waals surface area (Å²) in [5, 5.41) is 12.4. The maximum atomic E-state index is 12.0. The normalized spacial score (nSPS) is 17.2. The molecule has 1 atom stereocenters. The summed E-state index contributed by atoms with van der Waals surface area (Å²) in [7, 11) is 0. The molecule has 2 rings (SSSR count). The maximum Gasteiger partial charge on any atom is 0.344 e. The van der Waals surface area contributed by atoms with E-state index >= 15 is 0 Å². The molecule has 0 aliphatic carbocycles. The minimum atomic E-state index is -1.17. The first-order chi connectivity index (χ1) is 11.7. The summed E-state index contributed by atoms with van der Waals surface area (Å²) in [5.41, 5.74) is -0.00689. The van der Waals surface area contributed by atoms with Crippen LogP contribution < -0.4 is 10.1 Å². The summed E-state index contributed by atoms with van der Waals surface area (Å²) in [6.07, 6.45) is -1.17. The summed E-state index contributed by atoms with van der Waals surface area (Å²) in [4.78, 5) is 36.3. The molecule has 0 aromatic heterocycles. The summed E-state index contributed by atoms with van der Waals surface area (Å²) in [5.74, 6) is -0.553. The zero-order chi connectivity index (χ0) is 18.6. The zero-order valence-corrected chi connectivity index (χ0v) is 14.4. The molecule has 1 fully saturated rings. The van der Waals surface area contributed by atoms with E-state index in [9.17, 15) is 19.5 Å². The molecule has 1 unspecified atom stereocenters. The van der Waals surface area contributed by atoms with Gasteiger partial charge in [-0.1, -0.05) is 12.1 Å². The molecule has 8 heteroatoms. The van der Waals surface area contributed by atoms with Crippen molar-refractivity contribution in [2.45, 2.75) is 32.4 Å². The molecular weight excluding hydrogens is 328 g/mol. The molecule has 25 heavy (non-hydrogen) atoms. The summed E-state index contributed by atoms with van der Waals surface area (Å²) in [6, 6.07) is 6.62. The number of β-amino-alcohol motifs (C(OH)–C–C–N with tert-alkyl or cyclic N) is 1. The molecule has 1 heterocycles. The number of carbonyl (C=O) groups is 3. The fourth-order valence-electron chi connectivity index (χ4n) is 2.33. The van der Waals surface area contributed by atoms with Crippen LogP contribution in [0.15, 0.2) is 24.3 Å². The van der Waals surface area contributed by atoms with Crippen LogP contribution in [-0.4, -0.2) is 59.3 Å². The van der Waals surface area contributed by atoms with E-state index in [4.69, 9.17) is 9.47 Å². The molecule has 1 aliphatic rings. The fourth-order valence-corrected chi connectivity index (χ4v) is 2.33. The number of carbonyl (C=O) groups excluding carboxylic acids is 3. The highest BCUT2D eigenvalue weighted by molar-refractivity contribution is 6.06. The van der Waals surface area contributed by atoms with Crippen molar-refractivity contribution in [1.29, 1.82) is 0 Å². The number of benzene rings is 1. The molecule has 0 spiro atoms. The van der Waals surface area contributed by atoms with E-state index in [2.05, 4.69) is 5.32 Å². The van der Waals surface area contributed by atoms with Crippen LogP contribution in [0, 0.1) is 6.92 Å². The van der Waals surface area contributed by atoms with Gasteiger partial charge in [0.1, 0.15) is 24.0 Å². The second-order valence-electron chi connectivity index (χ2n) is 6.41. The van der Waals surface area contributed by atoms with Gasteiger partial charge in [0.05, 0.1) is 6.54 Å². The molecule has 2 N–H and O–H groups in total. The zero-order valence-electron chi connectivity index (χ0n) is 14.4. The van der Waals surface area contributed by atoms with Gasteiger partial charge >= 0.3 is 12.0 Å². The number of ether oxygens (including phenoxy) is 2. The van der Waals surface area contributed by atoms with Crippen LogP contribution in [0.1, 0.15) is 19.4 Å². The van der Waals surface area contributed by atoms with E-state index in [0.29, 0.717) is 5.75 Å². The third-order valence-corrected chi connectivity index (χ3v) is 3.62. The van der Waals surface area contributed by atoms with Gasteiger partial charge in [0.25, 0.3) is 5.91 Å². The minimum Gasteiger partial charge on any atom is -0.482 e. The molecule has 0 saturated carbocycles. The van der Waals surface area contributed by atoms with E-state index in [1.165, 1.54) is 0 Å². The third-order valence-electron chi connectivity index (χ3n) is 3.62. The Bertz CT molecular complexity index is 673. The van der Waals surface area contributed by atoms with Crippen LogP contribution in [0.2, 0.25) is 0 Å². The molecule has 1 aromatic carbocycles. The molecule has 8 nitrogen and oxygen atoms in total. The van der Waals surface area contributed by atoms with Crippen LogP contribution in [0.25, 0.3) is 0 Å². The number of aliphatic hydroxyl groups excluding tert-OH is 1. The molecule has 1 aliphatic heterocycles. The number of aliphatic hydroxyl groups is 1. The number of imide groups is 1. The first-order valence-electron chi connectivity index (χ1n) is 7.86. The number of nitrogens with one attached hydrogen (secondary N) is 1. The number of amides is 3. The van der Waals surface area contributed by atoms with Crippen LogP contribution in [-0.2, 0) is 14.3 Å². The number of nitrogens with zero attached hydrogens (tertiary/aromatic N) is 1. The van der Waals surface area contributed by atoms with E-state index in [0.717, 1.165) is 10.5 Å². The highest BCUT2D eigenvalue weighted by Gasteiger charge is 2.44. The van der Waals surface area contributed by atoms with Gasteiger partial charge in [-0.25, -0.2) is 9.59 Å². The van der Waals surface area contributed by atoms with E-state index in [1.54, 1.807) is 32.0 Å². The van der Waals surface area contributed by atoms with E-state index in [1.807, 2.05) is 13.0 Å². The van der Waals surface area contributed by atoms with Crippen molar-refractivity contribution in [2.24, 2.45) is 0 Å². The third kappa shape index (κ3) is 4.93. The van der Waals surface area contributed by atoms with Gasteiger partial charge in [0, 0.05) is 0 Å². The SMILES string of the molecule is Cc1cccc(OCC(=O)OCC(O)CN2C(=O)NC(C)(C)C2=O)c1. The van der Waals surface area contributed by atoms with Crippen molar-refractivity contribution < 1.29 is 29.0 Å². The molecule has 3 amide bonds. The van der Waals surface area contributed by atoms with Crippen LogP contribution in [0.4, 0.5) is 4.79 Å². The Morgan fingerprint density at radius 3 is 2.68 bits per heavy atom. The smallest absolute Gasteiger partial charge is 0.344 e. The van der Waals surface area contributed by atoms with Crippen LogP contribution >= 0.6 is 0 Å². The van der Waals surface area contributed by atoms with Gasteiger partial charge in [-0.05, 0) is 38.5 Å². The van der Waals surface area contributed by atoms with Gasteiger partial charge in [0.2, 0.25) is 0 Å². The largest absolute Gasteiger partial charge is 0.482 e. The Kier molecular flexibility index (Phi) is 5.63. The Morgan fingerprint density at radius 1 is 1.36 bits per heavy atom. The highest BCUT2D eigenvalue weighted by atomic mass is 16.6. The quantitative estimate of drug-likeness (QED) is 0.551. The van der Waals surface area contributed by atoms with E-state index in [-0.39, 0.29) is 19.8 Å². The lowest BCUT2D eigenvalue weighted by Crippen LogP contribution is -2.42. The van der Waals surface area contributed by atoms with Crippen molar-refractivity contribution in [1.82, 2.24) is 10.2 Å². The van der Waals surface area contributed by atoms with Crippen molar-refractivity contribution in [3.05, 3.63) is 29.8 Å². The van der Waals surface area contributed by atoms with Crippen molar-refractivity contribution >= 4 is 17.9 Å². The topological polar surface area (TPSA) is 105 Å². The second kappa shape index (κ2) is 7.52. The molecule has 1 aromatic rings. The van der Waals surface area contributed by atoms with E-state index < -0.39 is 29.6 Å². The Labute approximate surface area is 145 Å². The summed E-state index contributed by atoms with van der Waals surface area (Å²) in [6.45, 7) is 4.16.